The van der Waals surface area contributed by atoms with Crippen LogP contribution in [0.1, 0.15) is 15.9 Å². The Morgan fingerprint density at radius 1 is 0.962 bits per heavy atom. The number of carbonyl (C=O) groups excluding carboxylic acids is 1. The summed E-state index contributed by atoms with van der Waals surface area (Å²) in [6.45, 7) is 0.474. The molecule has 0 radical (unpaired) electrons. The molecule has 0 aliphatic carbocycles. The lowest BCUT2D eigenvalue weighted by Crippen LogP contribution is -2.22. The standard InChI is InChI=1S/C21H15ClN2OS/c22-17-11-9-15(10-12-17)20(25)23-13-14-5-7-16(8-6-14)21-24-18-3-1-2-4-19(18)26-21/h1-12H,13H2,(H,23,25). The van der Waals surface area contributed by atoms with Crippen molar-refractivity contribution in [2.24, 2.45) is 0 Å². The predicted octanol–water partition coefficient (Wildman–Crippen LogP) is 5.55. The maximum Gasteiger partial charge on any atom is 0.251 e. The van der Waals surface area contributed by atoms with E-state index in [1.54, 1.807) is 35.6 Å². The van der Waals surface area contributed by atoms with Crippen molar-refractivity contribution in [2.45, 2.75) is 6.54 Å². The first kappa shape index (κ1) is 16.8. The van der Waals surface area contributed by atoms with Gasteiger partial charge in [-0.15, -0.1) is 11.3 Å². The highest BCUT2D eigenvalue weighted by molar-refractivity contribution is 7.21. The Hall–Kier alpha value is -2.69. The summed E-state index contributed by atoms with van der Waals surface area (Å²) in [5.41, 5.74) is 3.74. The lowest BCUT2D eigenvalue weighted by Gasteiger charge is -2.06. The number of hydrogen-bond acceptors (Lipinski definition) is 3. The minimum absolute atomic E-state index is 0.114. The maximum absolute atomic E-state index is 12.2. The van der Waals surface area contributed by atoms with Gasteiger partial charge in [-0.1, -0.05) is 48.0 Å². The molecule has 0 atom stereocenters. The molecule has 1 N–H and O–H groups in total. The van der Waals surface area contributed by atoms with Crippen LogP contribution >= 0.6 is 22.9 Å². The molecule has 3 aromatic carbocycles. The van der Waals surface area contributed by atoms with Crippen molar-refractivity contribution in [1.29, 1.82) is 0 Å². The van der Waals surface area contributed by atoms with Crippen molar-refractivity contribution in [3.8, 4) is 10.6 Å². The number of amides is 1. The number of carbonyl (C=O) groups is 1. The molecule has 0 aliphatic heterocycles. The van der Waals surface area contributed by atoms with Crippen LogP contribution in [0.25, 0.3) is 20.8 Å². The largest absolute Gasteiger partial charge is 0.348 e. The topological polar surface area (TPSA) is 42.0 Å². The molecule has 26 heavy (non-hydrogen) atoms. The molecule has 5 heteroatoms. The zero-order chi connectivity index (χ0) is 17.9. The first-order valence-electron chi connectivity index (χ1n) is 8.18. The lowest BCUT2D eigenvalue weighted by atomic mass is 10.1. The Kier molecular flexibility index (Phi) is 4.69. The highest BCUT2D eigenvalue weighted by Crippen LogP contribution is 2.29. The zero-order valence-electron chi connectivity index (χ0n) is 13.8. The quantitative estimate of drug-likeness (QED) is 0.506. The minimum atomic E-state index is -0.114. The third-order valence-corrected chi connectivity index (χ3v) is 5.39. The van der Waals surface area contributed by atoms with E-state index in [4.69, 9.17) is 11.6 Å². The summed E-state index contributed by atoms with van der Waals surface area (Å²) in [4.78, 5) is 16.8. The fourth-order valence-electron chi connectivity index (χ4n) is 2.65. The second-order valence-corrected chi connectivity index (χ2v) is 7.34. The molecule has 4 aromatic rings. The van der Waals surface area contributed by atoms with E-state index in [1.807, 2.05) is 42.5 Å². The molecular weight excluding hydrogens is 364 g/mol. The number of rotatable bonds is 4. The predicted molar refractivity (Wildman–Crippen MR) is 108 cm³/mol. The van der Waals surface area contributed by atoms with Gasteiger partial charge in [0.15, 0.2) is 0 Å². The SMILES string of the molecule is O=C(NCc1ccc(-c2nc3ccccc3s2)cc1)c1ccc(Cl)cc1. The van der Waals surface area contributed by atoms with Crippen LogP contribution in [0.5, 0.6) is 0 Å². The molecule has 0 saturated heterocycles. The molecule has 4 rings (SSSR count). The van der Waals surface area contributed by atoms with Crippen LogP contribution in [0.4, 0.5) is 0 Å². The summed E-state index contributed by atoms with van der Waals surface area (Å²) in [5, 5.41) is 4.54. The van der Waals surface area contributed by atoms with Crippen molar-refractivity contribution >= 4 is 39.1 Å². The van der Waals surface area contributed by atoms with Gasteiger partial charge in [-0.05, 0) is 42.0 Å². The third kappa shape index (κ3) is 3.62. The number of nitrogens with zero attached hydrogens (tertiary/aromatic N) is 1. The smallest absolute Gasteiger partial charge is 0.251 e. The van der Waals surface area contributed by atoms with Gasteiger partial charge in [-0.3, -0.25) is 4.79 Å². The summed E-state index contributed by atoms with van der Waals surface area (Å²) >= 11 is 7.53. The van der Waals surface area contributed by atoms with Crippen LogP contribution in [0.15, 0.2) is 72.8 Å². The van der Waals surface area contributed by atoms with Crippen molar-refractivity contribution in [2.75, 3.05) is 0 Å². The molecule has 0 aliphatic rings. The summed E-state index contributed by atoms with van der Waals surface area (Å²) < 4.78 is 1.18. The molecule has 0 unspecified atom stereocenters. The molecule has 1 aromatic heterocycles. The van der Waals surface area contributed by atoms with Gasteiger partial charge in [0.2, 0.25) is 0 Å². The number of halogens is 1. The summed E-state index contributed by atoms with van der Waals surface area (Å²) in [6.07, 6.45) is 0. The Morgan fingerprint density at radius 3 is 2.42 bits per heavy atom. The zero-order valence-corrected chi connectivity index (χ0v) is 15.3. The number of benzene rings is 3. The molecule has 0 saturated carbocycles. The molecule has 3 nitrogen and oxygen atoms in total. The second kappa shape index (κ2) is 7.28. The van der Waals surface area contributed by atoms with E-state index < -0.39 is 0 Å². The Bertz CT molecular complexity index is 1020. The van der Waals surface area contributed by atoms with Crippen molar-refractivity contribution in [3.05, 3.63) is 88.9 Å². The van der Waals surface area contributed by atoms with Gasteiger partial charge < -0.3 is 5.32 Å². The highest BCUT2D eigenvalue weighted by Gasteiger charge is 2.07. The molecular formula is C21H15ClN2OS. The summed E-state index contributed by atoms with van der Waals surface area (Å²) in [7, 11) is 0. The third-order valence-electron chi connectivity index (χ3n) is 4.05. The van der Waals surface area contributed by atoms with E-state index in [-0.39, 0.29) is 5.91 Å². The number of aromatic nitrogens is 1. The molecule has 1 heterocycles. The fourth-order valence-corrected chi connectivity index (χ4v) is 3.74. The van der Waals surface area contributed by atoms with Crippen LogP contribution < -0.4 is 5.32 Å². The van der Waals surface area contributed by atoms with Gasteiger partial charge in [0.1, 0.15) is 5.01 Å². The molecule has 1 amide bonds. The van der Waals surface area contributed by atoms with Crippen molar-refractivity contribution in [3.63, 3.8) is 0 Å². The highest BCUT2D eigenvalue weighted by atomic mass is 35.5. The van der Waals surface area contributed by atoms with E-state index in [0.717, 1.165) is 21.7 Å². The van der Waals surface area contributed by atoms with Gasteiger partial charge in [-0.2, -0.15) is 0 Å². The average molecular weight is 379 g/mol. The Morgan fingerprint density at radius 2 is 1.69 bits per heavy atom. The van der Waals surface area contributed by atoms with E-state index in [0.29, 0.717) is 17.1 Å². The number of fused-ring (bicyclic) bond motifs is 1. The normalized spacial score (nSPS) is 10.8. The lowest BCUT2D eigenvalue weighted by molar-refractivity contribution is 0.0951. The van der Waals surface area contributed by atoms with Crippen LogP contribution in [0.3, 0.4) is 0 Å². The van der Waals surface area contributed by atoms with Crippen LogP contribution in [-0.4, -0.2) is 10.9 Å². The van der Waals surface area contributed by atoms with Gasteiger partial charge in [-0.25, -0.2) is 4.98 Å². The van der Waals surface area contributed by atoms with Gasteiger partial charge >= 0.3 is 0 Å². The number of thiazole rings is 1. The first-order valence-corrected chi connectivity index (χ1v) is 9.37. The number of nitrogens with one attached hydrogen (secondary N) is 1. The molecule has 128 valence electrons. The van der Waals surface area contributed by atoms with Crippen molar-refractivity contribution in [1.82, 2.24) is 10.3 Å². The van der Waals surface area contributed by atoms with E-state index in [1.165, 1.54) is 4.70 Å². The van der Waals surface area contributed by atoms with Gasteiger partial charge in [0.25, 0.3) is 5.91 Å². The summed E-state index contributed by atoms with van der Waals surface area (Å²) in [6, 6.07) is 23.1. The molecule has 0 fully saturated rings. The number of hydrogen-bond donors (Lipinski definition) is 1. The average Bonchev–Trinajstić information content (AvgIpc) is 3.11. The van der Waals surface area contributed by atoms with Crippen LogP contribution in [0, 0.1) is 0 Å². The first-order chi connectivity index (χ1) is 12.7. The van der Waals surface area contributed by atoms with E-state index in [9.17, 15) is 4.79 Å². The maximum atomic E-state index is 12.2. The van der Waals surface area contributed by atoms with Crippen LogP contribution in [-0.2, 0) is 6.54 Å². The fraction of sp³-hybridized carbons (Fsp3) is 0.0476. The van der Waals surface area contributed by atoms with Crippen molar-refractivity contribution < 1.29 is 4.79 Å². The van der Waals surface area contributed by atoms with Gasteiger partial charge in [0, 0.05) is 22.7 Å². The van der Waals surface area contributed by atoms with Gasteiger partial charge in [0.05, 0.1) is 10.2 Å². The van der Waals surface area contributed by atoms with E-state index >= 15 is 0 Å². The molecule has 0 bridgehead atoms. The monoisotopic (exact) mass is 378 g/mol. The summed E-state index contributed by atoms with van der Waals surface area (Å²) in [5.74, 6) is -0.114. The molecule has 0 spiro atoms. The van der Waals surface area contributed by atoms with Crippen LogP contribution in [0.2, 0.25) is 5.02 Å². The second-order valence-electron chi connectivity index (χ2n) is 5.87. The Balaban J connectivity index is 1.44. The minimum Gasteiger partial charge on any atom is -0.348 e. The Labute approximate surface area is 160 Å². The van der Waals surface area contributed by atoms with E-state index in [2.05, 4.69) is 16.4 Å². The number of para-hydroxylation sites is 1.